The van der Waals surface area contributed by atoms with Crippen molar-refractivity contribution in [2.24, 2.45) is 4.99 Å². The topological polar surface area (TPSA) is 47.9 Å². The van der Waals surface area contributed by atoms with Crippen molar-refractivity contribution >= 4 is 72.4 Å². The van der Waals surface area contributed by atoms with E-state index < -0.39 is 5.97 Å². The fraction of sp³-hybridized carbons (Fsp3) is 0.0833. The highest BCUT2D eigenvalue weighted by Gasteiger charge is 2.25. The van der Waals surface area contributed by atoms with Crippen molar-refractivity contribution in [2.45, 2.75) is 13.5 Å². The second-order valence-corrected chi connectivity index (χ2v) is 9.72. The van der Waals surface area contributed by atoms with Crippen LogP contribution >= 0.6 is 54.5 Å². The number of ether oxygens (including phenoxy) is 2. The van der Waals surface area contributed by atoms with E-state index in [-0.39, 0.29) is 5.70 Å². The summed E-state index contributed by atoms with van der Waals surface area (Å²) in [6.07, 6.45) is 1.70. The molecule has 0 aromatic heterocycles. The molecule has 1 aliphatic rings. The van der Waals surface area contributed by atoms with E-state index in [1.165, 1.54) is 0 Å². The van der Waals surface area contributed by atoms with Gasteiger partial charge >= 0.3 is 5.97 Å². The van der Waals surface area contributed by atoms with E-state index in [2.05, 4.69) is 59.4 Å². The Morgan fingerprint density at radius 3 is 2.45 bits per heavy atom. The smallest absolute Gasteiger partial charge is 0.363 e. The molecule has 0 atom stereocenters. The fourth-order valence-electron chi connectivity index (χ4n) is 3.06. The van der Waals surface area contributed by atoms with Crippen molar-refractivity contribution in [3.05, 3.63) is 101 Å². The highest BCUT2D eigenvalue weighted by atomic mass is 127. The van der Waals surface area contributed by atoms with Gasteiger partial charge in [0.05, 0.1) is 8.95 Å². The third-order valence-corrected chi connectivity index (χ3v) is 6.88. The fourth-order valence-corrected chi connectivity index (χ4v) is 5.06. The Bertz CT molecular complexity index is 1210. The third-order valence-electron chi connectivity index (χ3n) is 4.65. The first-order valence-electron chi connectivity index (χ1n) is 9.36. The van der Waals surface area contributed by atoms with Crippen molar-refractivity contribution in [1.82, 2.24) is 0 Å². The van der Waals surface area contributed by atoms with E-state index >= 15 is 0 Å². The summed E-state index contributed by atoms with van der Waals surface area (Å²) in [5, 5.41) is 0. The monoisotopic (exact) mass is 651 g/mol. The lowest BCUT2D eigenvalue weighted by Crippen LogP contribution is -2.06. The minimum absolute atomic E-state index is 0.254. The molecule has 0 aliphatic carbocycles. The average Bonchev–Trinajstić information content (AvgIpc) is 3.09. The molecule has 0 amide bonds. The van der Waals surface area contributed by atoms with Crippen molar-refractivity contribution in [2.75, 3.05) is 0 Å². The largest absolute Gasteiger partial charge is 0.486 e. The Labute approximate surface area is 210 Å². The standard InChI is InChI=1S/C24H16Br2INO3/c1-14-6-2-4-8-17(14)23-28-21(24(29)31-23)12-15-10-18(25)22(19(26)11-15)30-13-16-7-3-5-9-20(16)27/h2-12H,13H2,1H3/b21-12-. The molecule has 0 bridgehead atoms. The molecule has 7 heteroatoms. The Kier molecular flexibility index (Phi) is 6.93. The maximum atomic E-state index is 12.3. The van der Waals surface area contributed by atoms with Gasteiger partial charge in [-0.3, -0.25) is 0 Å². The van der Waals surface area contributed by atoms with Gasteiger partial charge in [0.25, 0.3) is 0 Å². The van der Waals surface area contributed by atoms with Gasteiger partial charge in [-0.2, -0.15) is 0 Å². The minimum atomic E-state index is -0.468. The predicted octanol–water partition coefficient (Wildman–Crippen LogP) is 7.05. The summed E-state index contributed by atoms with van der Waals surface area (Å²) < 4.78 is 14.1. The van der Waals surface area contributed by atoms with Gasteiger partial charge in [0.15, 0.2) is 5.70 Å². The van der Waals surface area contributed by atoms with Crippen LogP contribution in [-0.2, 0) is 16.1 Å². The highest BCUT2D eigenvalue weighted by molar-refractivity contribution is 14.1. The van der Waals surface area contributed by atoms with Crippen LogP contribution in [0.2, 0.25) is 0 Å². The molecule has 0 fully saturated rings. The Morgan fingerprint density at radius 1 is 1.06 bits per heavy atom. The number of nitrogens with zero attached hydrogens (tertiary/aromatic N) is 1. The number of benzene rings is 3. The summed E-state index contributed by atoms with van der Waals surface area (Å²) in [6.45, 7) is 2.41. The lowest BCUT2D eigenvalue weighted by Gasteiger charge is -2.12. The summed E-state index contributed by atoms with van der Waals surface area (Å²) in [4.78, 5) is 16.8. The molecule has 0 saturated heterocycles. The van der Waals surface area contributed by atoms with Gasteiger partial charge in [0, 0.05) is 14.7 Å². The van der Waals surface area contributed by atoms with Gasteiger partial charge in [-0.15, -0.1) is 0 Å². The summed E-state index contributed by atoms with van der Waals surface area (Å²) in [5.41, 5.74) is 3.96. The number of carbonyl (C=O) groups excluding carboxylic acids is 1. The van der Waals surface area contributed by atoms with Crippen LogP contribution < -0.4 is 4.74 Å². The van der Waals surface area contributed by atoms with Crippen LogP contribution in [0.5, 0.6) is 5.75 Å². The second kappa shape index (κ2) is 9.67. The maximum absolute atomic E-state index is 12.3. The van der Waals surface area contributed by atoms with Crippen LogP contribution in [0.4, 0.5) is 0 Å². The van der Waals surface area contributed by atoms with Crippen LogP contribution in [0.1, 0.15) is 22.3 Å². The van der Waals surface area contributed by atoms with Gasteiger partial charge in [0.2, 0.25) is 5.90 Å². The number of carbonyl (C=O) groups is 1. The molecule has 0 spiro atoms. The first-order chi connectivity index (χ1) is 14.9. The minimum Gasteiger partial charge on any atom is -0.486 e. The Balaban J connectivity index is 1.58. The molecule has 1 aliphatic heterocycles. The van der Waals surface area contributed by atoms with Crippen LogP contribution in [0.15, 0.2) is 80.3 Å². The lowest BCUT2D eigenvalue weighted by molar-refractivity contribution is -0.129. The van der Waals surface area contributed by atoms with Gasteiger partial charge < -0.3 is 9.47 Å². The molecule has 0 saturated carbocycles. The molecule has 0 N–H and O–H groups in total. The maximum Gasteiger partial charge on any atom is 0.363 e. The van der Waals surface area contributed by atoms with E-state index in [9.17, 15) is 4.79 Å². The number of cyclic esters (lactones) is 1. The Hall–Kier alpha value is -1.97. The van der Waals surface area contributed by atoms with Crippen molar-refractivity contribution < 1.29 is 14.3 Å². The molecule has 156 valence electrons. The van der Waals surface area contributed by atoms with Crippen molar-refractivity contribution in [3.63, 3.8) is 0 Å². The van der Waals surface area contributed by atoms with Crippen LogP contribution in [0.25, 0.3) is 6.08 Å². The molecular weight excluding hydrogens is 637 g/mol. The van der Waals surface area contributed by atoms with Crippen molar-refractivity contribution in [1.29, 1.82) is 0 Å². The molecular formula is C24H16Br2INO3. The quantitative estimate of drug-likeness (QED) is 0.169. The zero-order chi connectivity index (χ0) is 22.0. The van der Waals surface area contributed by atoms with Gasteiger partial charge in [-0.25, -0.2) is 9.79 Å². The molecule has 31 heavy (non-hydrogen) atoms. The van der Waals surface area contributed by atoms with E-state index in [1.807, 2.05) is 67.6 Å². The molecule has 4 rings (SSSR count). The number of hydrogen-bond donors (Lipinski definition) is 0. The summed E-state index contributed by atoms with van der Waals surface area (Å²) >= 11 is 9.44. The van der Waals surface area contributed by atoms with Crippen LogP contribution in [-0.4, -0.2) is 11.9 Å². The SMILES string of the molecule is Cc1ccccc1C1=N/C(=C\c2cc(Br)c(OCc3ccccc3I)c(Br)c2)C(=O)O1. The van der Waals surface area contributed by atoms with Gasteiger partial charge in [0.1, 0.15) is 12.4 Å². The first-order valence-corrected chi connectivity index (χ1v) is 12.0. The van der Waals surface area contributed by atoms with E-state index in [0.717, 1.165) is 34.8 Å². The summed E-state index contributed by atoms with van der Waals surface area (Å²) in [7, 11) is 0. The van der Waals surface area contributed by atoms with E-state index in [4.69, 9.17) is 9.47 Å². The summed E-state index contributed by atoms with van der Waals surface area (Å²) in [6, 6.07) is 19.5. The van der Waals surface area contributed by atoms with Crippen LogP contribution in [0.3, 0.4) is 0 Å². The highest BCUT2D eigenvalue weighted by Crippen LogP contribution is 2.36. The summed E-state index contributed by atoms with van der Waals surface area (Å²) in [5.74, 6) is 0.550. The molecule has 0 unspecified atom stereocenters. The van der Waals surface area contributed by atoms with E-state index in [1.54, 1.807) is 6.08 Å². The van der Waals surface area contributed by atoms with Gasteiger partial charge in [-0.1, -0.05) is 36.4 Å². The molecule has 3 aromatic carbocycles. The third kappa shape index (κ3) is 5.10. The number of aliphatic imine (C=N–C) groups is 1. The lowest BCUT2D eigenvalue weighted by atomic mass is 10.1. The predicted molar refractivity (Wildman–Crippen MR) is 137 cm³/mol. The number of aryl methyl sites for hydroxylation is 1. The number of rotatable bonds is 5. The molecule has 0 radical (unpaired) electrons. The second-order valence-electron chi connectivity index (χ2n) is 6.84. The number of esters is 1. The molecule has 4 nitrogen and oxygen atoms in total. The van der Waals surface area contributed by atoms with Gasteiger partial charge in [-0.05, 0) is 103 Å². The van der Waals surface area contributed by atoms with E-state index in [0.29, 0.717) is 18.3 Å². The number of hydrogen-bond acceptors (Lipinski definition) is 4. The molecule has 3 aromatic rings. The zero-order valence-electron chi connectivity index (χ0n) is 16.4. The average molecular weight is 653 g/mol. The molecule has 1 heterocycles. The first kappa shape index (κ1) is 22.2. The van der Waals surface area contributed by atoms with Crippen LogP contribution in [0, 0.1) is 10.5 Å². The number of halogens is 3. The normalized spacial score (nSPS) is 14.5. The van der Waals surface area contributed by atoms with Crippen molar-refractivity contribution in [3.8, 4) is 5.75 Å². The zero-order valence-corrected chi connectivity index (χ0v) is 21.7. The Morgan fingerprint density at radius 2 is 1.74 bits per heavy atom.